The molecule has 9 heteroatoms. The summed E-state index contributed by atoms with van der Waals surface area (Å²) in [5, 5.41) is 3.01. The number of ether oxygens (including phenoxy) is 1. The van der Waals surface area contributed by atoms with Gasteiger partial charge in [0.25, 0.3) is 5.91 Å². The van der Waals surface area contributed by atoms with Crippen LogP contribution < -0.4 is 10.0 Å². The first kappa shape index (κ1) is 24.7. The van der Waals surface area contributed by atoms with Crippen LogP contribution in [0.25, 0.3) is 0 Å². The molecule has 0 aliphatic carbocycles. The van der Waals surface area contributed by atoms with Crippen molar-refractivity contribution in [2.45, 2.75) is 69.4 Å². The molecule has 0 radical (unpaired) electrons. The number of nitrogens with zero attached hydrogens (tertiary/aromatic N) is 1. The van der Waals surface area contributed by atoms with Gasteiger partial charge in [0.2, 0.25) is 15.9 Å². The van der Waals surface area contributed by atoms with E-state index in [4.69, 9.17) is 4.74 Å². The van der Waals surface area contributed by atoms with Crippen molar-refractivity contribution < 1.29 is 22.7 Å². The highest BCUT2D eigenvalue weighted by atomic mass is 32.2. The molecule has 0 bridgehead atoms. The fourth-order valence-electron chi connectivity index (χ4n) is 4.29. The topological polar surface area (TPSA) is 105 Å². The lowest BCUT2D eigenvalue weighted by molar-refractivity contribution is -0.136. The number of likely N-dealkylation sites (tertiary alicyclic amines) is 1. The van der Waals surface area contributed by atoms with Crippen molar-refractivity contribution in [2.75, 3.05) is 26.2 Å². The molecule has 1 unspecified atom stereocenters. The molecule has 2 amide bonds. The van der Waals surface area contributed by atoms with Gasteiger partial charge in [-0.2, -0.15) is 0 Å². The lowest BCUT2D eigenvalue weighted by Crippen LogP contribution is -2.48. The van der Waals surface area contributed by atoms with Crippen molar-refractivity contribution in [3.8, 4) is 0 Å². The van der Waals surface area contributed by atoms with Crippen LogP contribution in [-0.4, -0.2) is 63.5 Å². The standard InChI is InChI=1S/C23H35N3O5S/c1-3-17(4-2)23(28)26-13-11-19(12-14-26)25-22(27)18-7-9-21(10-8-18)32(29,30)24-16-20-6-5-15-31-20/h7-10,17,19-20,24H,3-6,11-16H2,1-2H3,(H,25,27). The van der Waals surface area contributed by atoms with E-state index in [9.17, 15) is 18.0 Å². The van der Waals surface area contributed by atoms with Gasteiger partial charge in [0.05, 0.1) is 11.0 Å². The molecule has 3 rings (SSSR count). The molecule has 2 aliphatic heterocycles. The Kier molecular flexibility index (Phi) is 8.67. The Hall–Kier alpha value is -1.97. The van der Waals surface area contributed by atoms with E-state index in [1.807, 2.05) is 18.7 Å². The van der Waals surface area contributed by atoms with Gasteiger partial charge in [-0.15, -0.1) is 0 Å². The Balaban J connectivity index is 1.49. The van der Waals surface area contributed by atoms with Gasteiger partial charge in [-0.1, -0.05) is 13.8 Å². The Morgan fingerprint density at radius 2 is 1.75 bits per heavy atom. The van der Waals surface area contributed by atoms with Gasteiger partial charge in [0.1, 0.15) is 0 Å². The first-order valence-electron chi connectivity index (χ1n) is 11.6. The van der Waals surface area contributed by atoms with E-state index in [0.717, 1.165) is 38.5 Å². The quantitative estimate of drug-likeness (QED) is 0.582. The lowest BCUT2D eigenvalue weighted by atomic mass is 9.98. The summed E-state index contributed by atoms with van der Waals surface area (Å²) in [7, 11) is -3.64. The summed E-state index contributed by atoms with van der Waals surface area (Å²) < 4.78 is 33.0. The molecule has 1 aromatic rings. The molecule has 178 valence electrons. The van der Waals surface area contributed by atoms with Gasteiger partial charge >= 0.3 is 0 Å². The van der Waals surface area contributed by atoms with Gasteiger partial charge in [0, 0.05) is 43.8 Å². The van der Waals surface area contributed by atoms with Crippen molar-refractivity contribution in [3.05, 3.63) is 29.8 Å². The van der Waals surface area contributed by atoms with Crippen LogP contribution in [0.5, 0.6) is 0 Å². The second kappa shape index (κ2) is 11.2. The first-order chi connectivity index (χ1) is 15.3. The largest absolute Gasteiger partial charge is 0.377 e. The number of nitrogens with one attached hydrogen (secondary N) is 2. The van der Waals surface area contributed by atoms with Crippen molar-refractivity contribution in [1.82, 2.24) is 14.9 Å². The SMILES string of the molecule is CCC(CC)C(=O)N1CCC(NC(=O)c2ccc(S(=O)(=O)NCC3CCCO3)cc2)CC1. The number of benzene rings is 1. The van der Waals surface area contributed by atoms with Gasteiger partial charge in [-0.25, -0.2) is 13.1 Å². The molecule has 0 aromatic heterocycles. The van der Waals surface area contributed by atoms with E-state index in [1.165, 1.54) is 24.3 Å². The molecule has 2 N–H and O–H groups in total. The summed E-state index contributed by atoms with van der Waals surface area (Å²) in [6, 6.07) is 5.96. The minimum Gasteiger partial charge on any atom is -0.377 e. The summed E-state index contributed by atoms with van der Waals surface area (Å²) in [4.78, 5) is 27.2. The first-order valence-corrected chi connectivity index (χ1v) is 13.1. The number of sulfonamides is 1. The summed E-state index contributed by atoms with van der Waals surface area (Å²) in [6.07, 6.45) is 4.86. The summed E-state index contributed by atoms with van der Waals surface area (Å²) in [5.74, 6) is 0.0619. The van der Waals surface area contributed by atoms with Crippen LogP contribution in [0.3, 0.4) is 0 Å². The number of carbonyl (C=O) groups excluding carboxylic acids is 2. The van der Waals surface area contributed by atoms with Crippen LogP contribution in [0.15, 0.2) is 29.2 Å². The molecule has 2 fully saturated rings. The number of hydrogen-bond donors (Lipinski definition) is 2. The highest BCUT2D eigenvalue weighted by molar-refractivity contribution is 7.89. The van der Waals surface area contributed by atoms with Gasteiger partial charge in [-0.05, 0) is 62.8 Å². The molecule has 2 saturated heterocycles. The zero-order valence-corrected chi connectivity index (χ0v) is 19.8. The van der Waals surface area contributed by atoms with Gasteiger partial charge in [-0.3, -0.25) is 9.59 Å². The molecular weight excluding hydrogens is 430 g/mol. The minimum absolute atomic E-state index is 0.00439. The molecule has 8 nitrogen and oxygen atoms in total. The van der Waals surface area contributed by atoms with Crippen LogP contribution in [0.1, 0.15) is 62.7 Å². The third kappa shape index (κ3) is 6.30. The zero-order chi connectivity index (χ0) is 23.1. The number of hydrogen-bond acceptors (Lipinski definition) is 5. The number of carbonyl (C=O) groups is 2. The molecular formula is C23H35N3O5S. The normalized spacial score (nSPS) is 20.0. The summed E-state index contributed by atoms with van der Waals surface area (Å²) in [6.45, 7) is 6.29. The summed E-state index contributed by atoms with van der Waals surface area (Å²) in [5.41, 5.74) is 0.415. The third-order valence-electron chi connectivity index (χ3n) is 6.43. The minimum atomic E-state index is -3.64. The van der Waals surface area contributed by atoms with Crippen LogP contribution in [0, 0.1) is 5.92 Å². The average Bonchev–Trinajstić information content (AvgIpc) is 3.33. The van der Waals surface area contributed by atoms with E-state index in [2.05, 4.69) is 10.0 Å². The van der Waals surface area contributed by atoms with E-state index in [1.54, 1.807) is 0 Å². The highest BCUT2D eigenvalue weighted by Gasteiger charge is 2.27. The smallest absolute Gasteiger partial charge is 0.251 e. The number of amides is 2. The Bertz CT molecular complexity index is 869. The van der Waals surface area contributed by atoms with Gasteiger partial charge in [0.15, 0.2) is 0 Å². The second-order valence-electron chi connectivity index (χ2n) is 8.60. The van der Waals surface area contributed by atoms with Crippen LogP contribution in [0.4, 0.5) is 0 Å². The average molecular weight is 466 g/mol. The fraction of sp³-hybridized carbons (Fsp3) is 0.652. The lowest BCUT2D eigenvalue weighted by Gasteiger charge is -2.34. The molecule has 32 heavy (non-hydrogen) atoms. The Morgan fingerprint density at radius 1 is 1.09 bits per heavy atom. The maximum absolute atomic E-state index is 12.6. The molecule has 2 heterocycles. The Labute approximate surface area is 191 Å². The van der Waals surface area contributed by atoms with Crippen LogP contribution in [-0.2, 0) is 19.6 Å². The predicted molar refractivity (Wildman–Crippen MR) is 122 cm³/mol. The van der Waals surface area contributed by atoms with Crippen LogP contribution >= 0.6 is 0 Å². The van der Waals surface area contributed by atoms with E-state index >= 15 is 0 Å². The highest BCUT2D eigenvalue weighted by Crippen LogP contribution is 2.18. The van der Waals surface area contributed by atoms with Crippen molar-refractivity contribution in [1.29, 1.82) is 0 Å². The molecule has 1 atom stereocenters. The van der Waals surface area contributed by atoms with Crippen molar-refractivity contribution >= 4 is 21.8 Å². The van der Waals surface area contributed by atoms with E-state index in [0.29, 0.717) is 25.3 Å². The Morgan fingerprint density at radius 3 is 2.31 bits per heavy atom. The third-order valence-corrected chi connectivity index (χ3v) is 7.87. The molecule has 2 aliphatic rings. The van der Waals surface area contributed by atoms with E-state index < -0.39 is 10.0 Å². The summed E-state index contributed by atoms with van der Waals surface area (Å²) >= 11 is 0. The fourth-order valence-corrected chi connectivity index (χ4v) is 5.35. The molecule has 0 spiro atoms. The predicted octanol–water partition coefficient (Wildman–Crippen LogP) is 2.30. The maximum atomic E-state index is 12.6. The van der Waals surface area contributed by atoms with Crippen molar-refractivity contribution in [3.63, 3.8) is 0 Å². The second-order valence-corrected chi connectivity index (χ2v) is 10.4. The molecule has 0 saturated carbocycles. The van der Waals surface area contributed by atoms with E-state index in [-0.39, 0.29) is 41.3 Å². The van der Waals surface area contributed by atoms with Crippen molar-refractivity contribution in [2.24, 2.45) is 5.92 Å². The number of rotatable bonds is 9. The number of piperidine rings is 1. The maximum Gasteiger partial charge on any atom is 0.251 e. The molecule has 1 aromatic carbocycles. The van der Waals surface area contributed by atoms with Crippen LogP contribution in [0.2, 0.25) is 0 Å². The monoisotopic (exact) mass is 465 g/mol. The zero-order valence-electron chi connectivity index (χ0n) is 19.0. The van der Waals surface area contributed by atoms with Gasteiger partial charge < -0.3 is 15.0 Å².